The van der Waals surface area contributed by atoms with Gasteiger partial charge >= 0.3 is 0 Å². The van der Waals surface area contributed by atoms with E-state index in [2.05, 4.69) is 21.9 Å². The SMILES string of the molecule is CN1CCCCC1.Cc1cc(Cl)cc(O)c1-c1ccc2c(n1)N=C(N)C2. The molecular formula is C20H25ClN4O. The number of aromatic nitrogens is 1. The monoisotopic (exact) mass is 372 g/mol. The number of hydrogen-bond acceptors (Lipinski definition) is 5. The number of rotatable bonds is 1. The van der Waals surface area contributed by atoms with Crippen molar-refractivity contribution < 1.29 is 5.11 Å². The molecule has 1 aromatic carbocycles. The fraction of sp³-hybridized carbons (Fsp3) is 0.400. The van der Waals surface area contributed by atoms with Gasteiger partial charge in [-0.05, 0) is 63.7 Å². The Morgan fingerprint density at radius 1 is 1.15 bits per heavy atom. The Morgan fingerprint density at radius 3 is 2.50 bits per heavy atom. The van der Waals surface area contributed by atoms with Crippen LogP contribution < -0.4 is 5.73 Å². The molecule has 26 heavy (non-hydrogen) atoms. The molecule has 1 aromatic heterocycles. The number of nitrogens with zero attached hydrogens (tertiary/aromatic N) is 3. The van der Waals surface area contributed by atoms with E-state index in [0.717, 1.165) is 11.1 Å². The summed E-state index contributed by atoms with van der Waals surface area (Å²) < 4.78 is 0. The lowest BCUT2D eigenvalue weighted by atomic mass is 10.0. The number of aliphatic imine (C=N–C) groups is 1. The number of aromatic hydroxyl groups is 1. The maximum atomic E-state index is 10.0. The molecule has 0 amide bonds. The van der Waals surface area contributed by atoms with Gasteiger partial charge in [-0.3, -0.25) is 0 Å². The van der Waals surface area contributed by atoms with Gasteiger partial charge in [0, 0.05) is 22.6 Å². The number of piperidine rings is 1. The highest BCUT2D eigenvalue weighted by Crippen LogP contribution is 2.36. The van der Waals surface area contributed by atoms with E-state index in [0.29, 0.717) is 34.4 Å². The van der Waals surface area contributed by atoms with Gasteiger partial charge in [-0.2, -0.15) is 0 Å². The summed E-state index contributed by atoms with van der Waals surface area (Å²) in [6.45, 7) is 4.52. The number of benzene rings is 1. The zero-order valence-electron chi connectivity index (χ0n) is 15.3. The number of nitrogens with two attached hydrogens (primary N) is 1. The lowest BCUT2D eigenvalue weighted by Gasteiger charge is -2.20. The average Bonchev–Trinajstić information content (AvgIpc) is 2.94. The first kappa shape index (κ1) is 18.7. The smallest absolute Gasteiger partial charge is 0.158 e. The molecule has 0 aliphatic carbocycles. The predicted octanol–water partition coefficient (Wildman–Crippen LogP) is 4.06. The van der Waals surface area contributed by atoms with E-state index < -0.39 is 0 Å². The number of aryl methyl sites for hydroxylation is 1. The Hall–Kier alpha value is -2.11. The molecule has 2 aromatic rings. The first-order chi connectivity index (χ1) is 12.4. The fourth-order valence-electron chi connectivity index (χ4n) is 3.33. The first-order valence-electron chi connectivity index (χ1n) is 8.95. The van der Waals surface area contributed by atoms with Gasteiger partial charge in [-0.1, -0.05) is 24.1 Å². The zero-order chi connectivity index (χ0) is 18.7. The third-order valence-electron chi connectivity index (χ3n) is 4.69. The number of hydrogen-bond donors (Lipinski definition) is 2. The average molecular weight is 373 g/mol. The van der Waals surface area contributed by atoms with Gasteiger partial charge in [0.05, 0.1) is 5.69 Å². The summed E-state index contributed by atoms with van der Waals surface area (Å²) in [5.74, 6) is 1.31. The number of pyridine rings is 1. The largest absolute Gasteiger partial charge is 0.507 e. The van der Waals surface area contributed by atoms with Crippen molar-refractivity contribution in [2.24, 2.45) is 10.7 Å². The number of fused-ring (bicyclic) bond motifs is 1. The van der Waals surface area contributed by atoms with Crippen molar-refractivity contribution in [3.63, 3.8) is 0 Å². The van der Waals surface area contributed by atoms with Crippen LogP contribution in [0.3, 0.4) is 0 Å². The van der Waals surface area contributed by atoms with Crippen LogP contribution >= 0.6 is 11.6 Å². The highest BCUT2D eigenvalue weighted by molar-refractivity contribution is 6.31. The molecule has 6 heteroatoms. The molecule has 0 spiro atoms. The van der Waals surface area contributed by atoms with Gasteiger partial charge in [0.25, 0.3) is 0 Å². The Kier molecular flexibility index (Phi) is 5.79. The van der Waals surface area contributed by atoms with Crippen LogP contribution in [-0.4, -0.2) is 41.0 Å². The van der Waals surface area contributed by atoms with Crippen LogP contribution in [0.4, 0.5) is 5.82 Å². The van der Waals surface area contributed by atoms with Crippen molar-refractivity contribution in [3.8, 4) is 17.0 Å². The van der Waals surface area contributed by atoms with E-state index in [1.54, 1.807) is 6.07 Å². The summed E-state index contributed by atoms with van der Waals surface area (Å²) in [5.41, 5.74) is 8.92. The minimum absolute atomic E-state index is 0.118. The van der Waals surface area contributed by atoms with Crippen molar-refractivity contribution in [3.05, 3.63) is 40.4 Å². The molecule has 0 radical (unpaired) electrons. The molecule has 0 atom stereocenters. The van der Waals surface area contributed by atoms with Gasteiger partial charge in [-0.25, -0.2) is 9.98 Å². The Labute approximate surface area is 159 Å². The molecule has 5 nitrogen and oxygen atoms in total. The maximum Gasteiger partial charge on any atom is 0.158 e. The highest BCUT2D eigenvalue weighted by atomic mass is 35.5. The first-order valence-corrected chi connectivity index (χ1v) is 9.33. The van der Waals surface area contributed by atoms with Crippen LogP contribution in [0.15, 0.2) is 29.3 Å². The van der Waals surface area contributed by atoms with Crippen LogP contribution in [0.25, 0.3) is 11.3 Å². The quantitative estimate of drug-likeness (QED) is 0.791. The third-order valence-corrected chi connectivity index (χ3v) is 4.91. The van der Waals surface area contributed by atoms with E-state index in [1.807, 2.05) is 19.1 Å². The number of likely N-dealkylation sites (tertiary alicyclic amines) is 1. The van der Waals surface area contributed by atoms with Crippen molar-refractivity contribution in [1.82, 2.24) is 9.88 Å². The normalized spacial score (nSPS) is 16.5. The maximum absolute atomic E-state index is 10.0. The zero-order valence-corrected chi connectivity index (χ0v) is 16.1. The van der Waals surface area contributed by atoms with Gasteiger partial charge < -0.3 is 15.7 Å². The predicted molar refractivity (Wildman–Crippen MR) is 107 cm³/mol. The topological polar surface area (TPSA) is 74.7 Å². The van der Waals surface area contributed by atoms with Gasteiger partial charge in [0.15, 0.2) is 5.82 Å². The second-order valence-corrected chi connectivity index (χ2v) is 7.38. The standard InChI is InChI=1S/C14H12ClN3O.C6H13N/c1-7-4-9(15)6-11(19)13(7)10-3-2-8-5-12(16)18-14(8)17-10;1-7-5-3-2-4-6-7/h2-4,6,19H,5H2,1H3,(H2,16,17,18);2-6H2,1H3. The minimum Gasteiger partial charge on any atom is -0.507 e. The van der Waals surface area contributed by atoms with Crippen LogP contribution in [-0.2, 0) is 6.42 Å². The molecule has 0 bridgehead atoms. The lowest BCUT2D eigenvalue weighted by Crippen LogP contribution is -2.24. The van der Waals surface area contributed by atoms with E-state index in [9.17, 15) is 5.11 Å². The summed E-state index contributed by atoms with van der Waals surface area (Å²) in [7, 11) is 2.19. The summed E-state index contributed by atoms with van der Waals surface area (Å²) in [6.07, 6.45) is 4.91. The van der Waals surface area contributed by atoms with Crippen LogP contribution in [0.2, 0.25) is 5.02 Å². The Balaban J connectivity index is 0.000000236. The fourth-order valence-corrected chi connectivity index (χ4v) is 3.60. The summed E-state index contributed by atoms with van der Waals surface area (Å²) in [6, 6.07) is 7.11. The Bertz CT molecular complexity index is 806. The van der Waals surface area contributed by atoms with E-state index in [-0.39, 0.29) is 5.75 Å². The molecule has 0 saturated carbocycles. The molecule has 0 unspecified atom stereocenters. The number of amidine groups is 1. The molecular weight excluding hydrogens is 348 g/mol. The number of phenolic OH excluding ortho intramolecular Hbond substituents is 1. The van der Waals surface area contributed by atoms with E-state index in [4.69, 9.17) is 17.3 Å². The third kappa shape index (κ3) is 4.34. The summed E-state index contributed by atoms with van der Waals surface area (Å²) in [5, 5.41) is 10.5. The van der Waals surface area contributed by atoms with Crippen LogP contribution in [0.5, 0.6) is 5.75 Å². The molecule has 2 aliphatic heterocycles. The number of halogens is 1. The van der Waals surface area contributed by atoms with E-state index >= 15 is 0 Å². The lowest BCUT2D eigenvalue weighted by molar-refractivity contribution is 0.277. The second kappa shape index (κ2) is 8.06. The van der Waals surface area contributed by atoms with Gasteiger partial charge in [0.2, 0.25) is 0 Å². The summed E-state index contributed by atoms with van der Waals surface area (Å²) in [4.78, 5) is 11.0. The molecule has 138 valence electrons. The summed E-state index contributed by atoms with van der Waals surface area (Å²) >= 11 is 5.90. The minimum atomic E-state index is 0.118. The number of phenols is 1. The molecule has 3 N–H and O–H groups in total. The van der Waals surface area contributed by atoms with Gasteiger partial charge in [0.1, 0.15) is 11.6 Å². The van der Waals surface area contributed by atoms with Gasteiger partial charge in [-0.15, -0.1) is 0 Å². The Morgan fingerprint density at radius 2 is 1.88 bits per heavy atom. The highest BCUT2D eigenvalue weighted by Gasteiger charge is 2.17. The molecule has 4 rings (SSSR count). The van der Waals surface area contributed by atoms with Crippen LogP contribution in [0.1, 0.15) is 30.4 Å². The van der Waals surface area contributed by atoms with Crippen molar-refractivity contribution >= 4 is 23.3 Å². The van der Waals surface area contributed by atoms with Crippen LogP contribution in [0, 0.1) is 6.92 Å². The van der Waals surface area contributed by atoms with E-state index in [1.165, 1.54) is 38.4 Å². The molecule has 3 heterocycles. The molecule has 1 saturated heterocycles. The van der Waals surface area contributed by atoms with Crippen molar-refractivity contribution in [2.75, 3.05) is 20.1 Å². The molecule has 1 fully saturated rings. The van der Waals surface area contributed by atoms with Crippen molar-refractivity contribution in [2.45, 2.75) is 32.6 Å². The molecule has 2 aliphatic rings. The van der Waals surface area contributed by atoms with Crippen molar-refractivity contribution in [1.29, 1.82) is 0 Å². The second-order valence-electron chi connectivity index (χ2n) is 6.94.